The van der Waals surface area contributed by atoms with Crippen LogP contribution in [0, 0.1) is 5.92 Å². The van der Waals surface area contributed by atoms with Gasteiger partial charge in [-0.2, -0.15) is 0 Å². The number of likely N-dealkylation sites (tertiary alicyclic amines) is 1. The molecule has 1 radical (unpaired) electrons. The van der Waals surface area contributed by atoms with Crippen molar-refractivity contribution in [2.24, 2.45) is 5.92 Å². The number of amides is 2. The Balaban J connectivity index is 1.52. The molecule has 1 saturated carbocycles. The highest BCUT2D eigenvalue weighted by molar-refractivity contribution is 5.73. The molecule has 1 aliphatic carbocycles. The molecule has 0 spiro atoms. The summed E-state index contributed by atoms with van der Waals surface area (Å²) in [6, 6.07) is 0.0401. The molecule has 0 aromatic rings. The van der Waals surface area contributed by atoms with Gasteiger partial charge in [-0.3, -0.25) is 0 Å². The minimum Gasteiger partial charge on any atom is -0.323 e. The molecule has 0 aromatic carbocycles. The van der Waals surface area contributed by atoms with Crippen molar-refractivity contribution in [3.8, 4) is 0 Å². The summed E-state index contributed by atoms with van der Waals surface area (Å²) in [5.74, 6) is 0.916. The Morgan fingerprint density at radius 3 is 2.39 bits per heavy atom. The van der Waals surface area contributed by atoms with Crippen LogP contribution in [-0.4, -0.2) is 30.6 Å². The Kier molecular flexibility index (Phi) is 5.82. The minimum absolute atomic E-state index is 0.0401. The van der Waals surface area contributed by atoms with Crippen molar-refractivity contribution in [2.75, 3.05) is 19.6 Å². The second kappa shape index (κ2) is 7.65. The molecule has 0 aromatic heterocycles. The second-order valence-corrected chi connectivity index (χ2v) is 5.86. The Hall–Kier alpha value is -0.730. The van der Waals surface area contributed by atoms with E-state index in [-0.39, 0.29) is 6.03 Å². The Bertz CT molecular complexity index is 243. The van der Waals surface area contributed by atoms with E-state index in [9.17, 15) is 4.79 Å². The van der Waals surface area contributed by atoms with E-state index in [0.29, 0.717) is 0 Å². The molecule has 0 N–H and O–H groups in total. The van der Waals surface area contributed by atoms with Gasteiger partial charge in [-0.25, -0.2) is 10.1 Å². The molecule has 2 amide bonds. The van der Waals surface area contributed by atoms with Crippen LogP contribution in [0.2, 0.25) is 0 Å². The molecule has 18 heavy (non-hydrogen) atoms. The van der Waals surface area contributed by atoms with Gasteiger partial charge in [0.1, 0.15) is 0 Å². The monoisotopic (exact) mass is 251 g/mol. The lowest BCUT2D eigenvalue weighted by Crippen LogP contribution is -2.39. The minimum atomic E-state index is 0.0401. The third-order valence-corrected chi connectivity index (χ3v) is 4.37. The molecule has 0 atom stereocenters. The summed E-state index contributed by atoms with van der Waals surface area (Å²) in [7, 11) is 0. The fourth-order valence-electron chi connectivity index (χ4n) is 3.22. The third kappa shape index (κ3) is 4.51. The molecule has 2 rings (SSSR count). The summed E-state index contributed by atoms with van der Waals surface area (Å²) in [5.41, 5.74) is 0. The zero-order valence-corrected chi connectivity index (χ0v) is 11.6. The van der Waals surface area contributed by atoms with Gasteiger partial charge in [0, 0.05) is 19.6 Å². The van der Waals surface area contributed by atoms with E-state index in [1.54, 1.807) is 0 Å². The Labute approximate surface area is 111 Å². The van der Waals surface area contributed by atoms with E-state index in [1.807, 2.05) is 4.90 Å². The summed E-state index contributed by atoms with van der Waals surface area (Å²) < 4.78 is 0. The van der Waals surface area contributed by atoms with E-state index in [1.165, 1.54) is 44.9 Å². The topological polar surface area (TPSA) is 34.4 Å². The average Bonchev–Trinajstić information content (AvgIpc) is 2.45. The average molecular weight is 251 g/mol. The maximum atomic E-state index is 11.8. The summed E-state index contributed by atoms with van der Waals surface area (Å²) in [6.07, 6.45) is 13.0. The van der Waals surface area contributed by atoms with Gasteiger partial charge in [-0.15, -0.1) is 0 Å². The molecule has 0 unspecified atom stereocenters. The number of carbonyl (C=O) groups excluding carboxylic acids is 1. The van der Waals surface area contributed by atoms with E-state index < -0.39 is 0 Å². The second-order valence-electron chi connectivity index (χ2n) is 5.86. The van der Waals surface area contributed by atoms with Crippen LogP contribution in [0.15, 0.2) is 0 Å². The van der Waals surface area contributed by atoms with Crippen LogP contribution in [0.4, 0.5) is 4.79 Å². The number of nitrogens with zero attached hydrogens (tertiary/aromatic N) is 2. The number of piperidine rings is 1. The van der Waals surface area contributed by atoms with Crippen LogP contribution in [0.1, 0.15) is 64.2 Å². The highest BCUT2D eigenvalue weighted by atomic mass is 16.2. The first-order valence-electron chi connectivity index (χ1n) is 7.82. The lowest BCUT2D eigenvalue weighted by molar-refractivity contribution is 0.185. The van der Waals surface area contributed by atoms with Gasteiger partial charge in [0.05, 0.1) is 0 Å². The molecule has 3 nitrogen and oxygen atoms in total. The summed E-state index contributed by atoms with van der Waals surface area (Å²) in [6.45, 7) is 2.59. The third-order valence-electron chi connectivity index (χ3n) is 4.37. The van der Waals surface area contributed by atoms with Crippen LogP contribution in [0.25, 0.3) is 0 Å². The van der Waals surface area contributed by atoms with Gasteiger partial charge in [-0.05, 0) is 38.0 Å². The lowest BCUT2D eigenvalue weighted by Gasteiger charge is -2.26. The molecule has 103 valence electrons. The fraction of sp³-hybridized carbons (Fsp3) is 0.933. The Morgan fingerprint density at radius 1 is 1.00 bits per heavy atom. The number of hydrogen-bond acceptors (Lipinski definition) is 1. The molecule has 0 bridgehead atoms. The van der Waals surface area contributed by atoms with Crippen molar-refractivity contribution < 1.29 is 4.79 Å². The Morgan fingerprint density at radius 2 is 1.67 bits per heavy atom. The SMILES string of the molecule is O=C([N]CCCC1CCCCC1)N1CCCCC1. The van der Waals surface area contributed by atoms with Gasteiger partial charge in [0.15, 0.2) is 0 Å². The largest absolute Gasteiger partial charge is 0.338 e. The van der Waals surface area contributed by atoms with Crippen LogP contribution < -0.4 is 5.32 Å². The predicted molar refractivity (Wildman–Crippen MR) is 73.6 cm³/mol. The summed E-state index contributed by atoms with van der Waals surface area (Å²) in [5, 5.41) is 4.22. The zero-order valence-electron chi connectivity index (χ0n) is 11.6. The van der Waals surface area contributed by atoms with Crippen molar-refractivity contribution in [3.05, 3.63) is 0 Å². The summed E-state index contributed by atoms with van der Waals surface area (Å²) >= 11 is 0. The predicted octanol–water partition coefficient (Wildman–Crippen LogP) is 3.56. The first kappa shape index (κ1) is 13.7. The molecule has 2 fully saturated rings. The highest BCUT2D eigenvalue weighted by Crippen LogP contribution is 2.26. The smallest absolute Gasteiger partial charge is 0.323 e. The van der Waals surface area contributed by atoms with Crippen LogP contribution in [-0.2, 0) is 0 Å². The maximum absolute atomic E-state index is 11.8. The van der Waals surface area contributed by atoms with Gasteiger partial charge >= 0.3 is 6.03 Å². The van der Waals surface area contributed by atoms with Crippen LogP contribution >= 0.6 is 0 Å². The molecule has 1 saturated heterocycles. The highest BCUT2D eigenvalue weighted by Gasteiger charge is 2.17. The number of rotatable bonds is 4. The molecular weight excluding hydrogens is 224 g/mol. The number of urea groups is 1. The van der Waals surface area contributed by atoms with E-state index in [4.69, 9.17) is 0 Å². The van der Waals surface area contributed by atoms with Gasteiger partial charge in [0.25, 0.3) is 0 Å². The van der Waals surface area contributed by atoms with Crippen molar-refractivity contribution in [3.63, 3.8) is 0 Å². The number of carbonyl (C=O) groups is 1. The quantitative estimate of drug-likeness (QED) is 0.703. The van der Waals surface area contributed by atoms with Crippen molar-refractivity contribution in [1.29, 1.82) is 0 Å². The zero-order chi connectivity index (χ0) is 12.6. The lowest BCUT2D eigenvalue weighted by atomic mass is 9.86. The van der Waals surface area contributed by atoms with Gasteiger partial charge in [0.2, 0.25) is 0 Å². The van der Waals surface area contributed by atoms with Gasteiger partial charge in [-0.1, -0.05) is 32.1 Å². The molecular formula is C15H27N2O. The molecule has 1 aliphatic heterocycles. The number of hydrogen-bond donors (Lipinski definition) is 0. The van der Waals surface area contributed by atoms with E-state index >= 15 is 0 Å². The van der Waals surface area contributed by atoms with Crippen molar-refractivity contribution in [2.45, 2.75) is 64.2 Å². The van der Waals surface area contributed by atoms with Crippen LogP contribution in [0.5, 0.6) is 0 Å². The van der Waals surface area contributed by atoms with Crippen LogP contribution in [0.3, 0.4) is 0 Å². The molecule has 1 heterocycles. The molecule has 2 aliphatic rings. The van der Waals surface area contributed by atoms with Crippen molar-refractivity contribution in [1.82, 2.24) is 10.2 Å². The van der Waals surface area contributed by atoms with Gasteiger partial charge < -0.3 is 4.90 Å². The van der Waals surface area contributed by atoms with E-state index in [2.05, 4.69) is 5.32 Å². The van der Waals surface area contributed by atoms with E-state index in [0.717, 1.165) is 44.8 Å². The fourth-order valence-corrected chi connectivity index (χ4v) is 3.22. The first-order valence-corrected chi connectivity index (χ1v) is 7.82. The molecule has 3 heteroatoms. The first-order chi connectivity index (χ1) is 8.86. The normalized spacial score (nSPS) is 21.9. The summed E-state index contributed by atoms with van der Waals surface area (Å²) in [4.78, 5) is 13.7. The standard InChI is InChI=1S/C15H27N2O/c18-15(17-12-5-2-6-13-17)16-11-7-10-14-8-3-1-4-9-14/h14H,1-13H2. The maximum Gasteiger partial charge on any atom is 0.338 e. The van der Waals surface area contributed by atoms with Crippen molar-refractivity contribution >= 4 is 6.03 Å².